The van der Waals surface area contributed by atoms with Crippen molar-refractivity contribution < 1.29 is 9.59 Å². The Bertz CT molecular complexity index is 121. The Morgan fingerprint density at radius 1 is 1.27 bits per heavy atom. The first-order valence-electron chi connectivity index (χ1n) is 3.72. The summed E-state index contributed by atoms with van der Waals surface area (Å²) < 4.78 is 0. The van der Waals surface area contributed by atoms with Crippen LogP contribution in [0.2, 0.25) is 0 Å². The minimum Gasteiger partial charge on any atom is -0.359 e. The fraction of sp³-hybridized carbons (Fsp3) is 0.750. The predicted molar refractivity (Wildman–Crippen MR) is 45.3 cm³/mol. The highest BCUT2D eigenvalue weighted by molar-refractivity contribution is 5.75. The van der Waals surface area contributed by atoms with Crippen LogP contribution in [-0.2, 0) is 9.59 Å². The number of hydrogen-bond donors (Lipinski definition) is 1. The zero-order valence-electron chi connectivity index (χ0n) is 7.73. The third-order valence-corrected chi connectivity index (χ3v) is 0.954. The fourth-order valence-corrected chi connectivity index (χ4v) is 0.352. The van der Waals surface area contributed by atoms with Gasteiger partial charge >= 0.3 is 0 Å². The molecule has 0 aliphatic heterocycles. The van der Waals surface area contributed by atoms with Gasteiger partial charge in [0.15, 0.2) is 0 Å². The molecule has 0 saturated carbocycles. The van der Waals surface area contributed by atoms with E-state index in [-0.39, 0.29) is 11.7 Å². The maximum atomic E-state index is 10.0. The van der Waals surface area contributed by atoms with E-state index < -0.39 is 0 Å². The van der Waals surface area contributed by atoms with Gasteiger partial charge in [0.2, 0.25) is 5.91 Å². The van der Waals surface area contributed by atoms with Crippen LogP contribution in [0, 0.1) is 0 Å². The van der Waals surface area contributed by atoms with Crippen LogP contribution < -0.4 is 5.32 Å². The van der Waals surface area contributed by atoms with Crippen LogP contribution in [0.25, 0.3) is 0 Å². The van der Waals surface area contributed by atoms with Crippen LogP contribution in [0.5, 0.6) is 0 Å². The molecule has 0 unspecified atom stereocenters. The van der Waals surface area contributed by atoms with Crippen molar-refractivity contribution in [3.05, 3.63) is 0 Å². The highest BCUT2D eigenvalue weighted by Gasteiger charge is 1.83. The van der Waals surface area contributed by atoms with Gasteiger partial charge in [-0.3, -0.25) is 4.79 Å². The molecule has 0 aliphatic rings. The predicted octanol–water partition coefficient (Wildman–Crippen LogP) is 1.13. The highest BCUT2D eigenvalue weighted by atomic mass is 16.1. The van der Waals surface area contributed by atoms with Crippen molar-refractivity contribution in [3.8, 4) is 0 Å². The molecule has 0 aromatic rings. The van der Waals surface area contributed by atoms with Gasteiger partial charge in [-0.1, -0.05) is 6.92 Å². The molecule has 0 radical (unpaired) electrons. The first-order valence-corrected chi connectivity index (χ1v) is 3.72. The molecule has 3 heteroatoms. The summed E-state index contributed by atoms with van der Waals surface area (Å²) in [6, 6.07) is 0. The molecule has 0 spiro atoms. The molecule has 0 bridgehead atoms. The van der Waals surface area contributed by atoms with E-state index in [1.54, 1.807) is 14.0 Å². The zero-order valence-corrected chi connectivity index (χ0v) is 7.73. The van der Waals surface area contributed by atoms with Gasteiger partial charge in [-0.2, -0.15) is 0 Å². The Balaban J connectivity index is 0. The van der Waals surface area contributed by atoms with Crippen molar-refractivity contribution in [1.82, 2.24) is 5.32 Å². The molecule has 0 saturated heterocycles. The van der Waals surface area contributed by atoms with Gasteiger partial charge in [-0.05, 0) is 13.3 Å². The summed E-state index contributed by atoms with van der Waals surface area (Å²) in [5, 5.41) is 2.39. The Morgan fingerprint density at radius 3 is 1.64 bits per heavy atom. The molecule has 0 aromatic carbocycles. The first kappa shape index (κ1) is 12.8. The molecule has 66 valence electrons. The SMILES string of the molecule is CCCC(C)=O.CNC(C)=O. The van der Waals surface area contributed by atoms with Crippen molar-refractivity contribution in [2.75, 3.05) is 7.05 Å². The molecular weight excluding hydrogens is 142 g/mol. The molecule has 3 nitrogen and oxygen atoms in total. The topological polar surface area (TPSA) is 46.2 Å². The van der Waals surface area contributed by atoms with Crippen molar-refractivity contribution in [3.63, 3.8) is 0 Å². The minimum absolute atomic E-state index is 0.00463. The molecule has 0 atom stereocenters. The second-order valence-corrected chi connectivity index (χ2v) is 2.26. The van der Waals surface area contributed by atoms with Gasteiger partial charge in [0, 0.05) is 20.4 Å². The number of amides is 1. The van der Waals surface area contributed by atoms with Crippen LogP contribution in [0.3, 0.4) is 0 Å². The molecular formula is C8H17NO2. The number of hydrogen-bond acceptors (Lipinski definition) is 2. The van der Waals surface area contributed by atoms with Gasteiger partial charge in [-0.25, -0.2) is 0 Å². The standard InChI is InChI=1S/C5H10O.C3H7NO/c1-3-4-5(2)6;1-3(5)4-2/h3-4H2,1-2H3;1-2H3,(H,4,5). The van der Waals surface area contributed by atoms with E-state index in [4.69, 9.17) is 0 Å². The van der Waals surface area contributed by atoms with E-state index in [1.807, 2.05) is 6.92 Å². The molecule has 0 rings (SSSR count). The number of carbonyl (C=O) groups is 2. The summed E-state index contributed by atoms with van der Waals surface area (Å²) in [6.45, 7) is 5.09. The fourth-order valence-electron chi connectivity index (χ4n) is 0.352. The van der Waals surface area contributed by atoms with Crippen molar-refractivity contribution in [1.29, 1.82) is 0 Å². The first-order chi connectivity index (χ1) is 5.04. The smallest absolute Gasteiger partial charge is 0.216 e. The van der Waals surface area contributed by atoms with E-state index in [2.05, 4.69) is 5.32 Å². The maximum Gasteiger partial charge on any atom is 0.216 e. The van der Waals surface area contributed by atoms with Crippen molar-refractivity contribution >= 4 is 11.7 Å². The van der Waals surface area contributed by atoms with Gasteiger partial charge in [0.25, 0.3) is 0 Å². The Hall–Kier alpha value is -0.860. The molecule has 0 aromatic heterocycles. The maximum absolute atomic E-state index is 10.0. The second kappa shape index (κ2) is 9.14. The average molecular weight is 159 g/mol. The van der Waals surface area contributed by atoms with Crippen LogP contribution >= 0.6 is 0 Å². The minimum atomic E-state index is 0.00463. The second-order valence-electron chi connectivity index (χ2n) is 2.26. The monoisotopic (exact) mass is 159 g/mol. The summed E-state index contributed by atoms with van der Waals surface area (Å²) in [7, 11) is 1.60. The average Bonchev–Trinajstić information content (AvgIpc) is 1.89. The van der Waals surface area contributed by atoms with Crippen LogP contribution in [0.4, 0.5) is 0 Å². The molecule has 0 aliphatic carbocycles. The van der Waals surface area contributed by atoms with E-state index in [0.717, 1.165) is 12.8 Å². The van der Waals surface area contributed by atoms with E-state index in [0.29, 0.717) is 0 Å². The Kier molecular flexibility index (Phi) is 10.6. The third kappa shape index (κ3) is 27.2. The number of carbonyl (C=O) groups excluding carboxylic acids is 2. The summed E-state index contributed by atoms with van der Waals surface area (Å²) in [6.07, 6.45) is 1.72. The number of rotatable bonds is 2. The number of ketones is 1. The van der Waals surface area contributed by atoms with Gasteiger partial charge in [-0.15, -0.1) is 0 Å². The highest BCUT2D eigenvalue weighted by Crippen LogP contribution is 1.84. The van der Waals surface area contributed by atoms with Crippen molar-refractivity contribution in [2.24, 2.45) is 0 Å². The molecule has 1 N–H and O–H groups in total. The normalized spacial score (nSPS) is 7.64. The quantitative estimate of drug-likeness (QED) is 0.656. The number of nitrogens with one attached hydrogen (secondary N) is 1. The molecule has 1 amide bonds. The van der Waals surface area contributed by atoms with Crippen LogP contribution in [0.15, 0.2) is 0 Å². The summed E-state index contributed by atoms with van der Waals surface area (Å²) in [4.78, 5) is 19.7. The van der Waals surface area contributed by atoms with Crippen LogP contribution in [-0.4, -0.2) is 18.7 Å². The molecule has 0 heterocycles. The summed E-state index contributed by atoms with van der Waals surface area (Å²) in [5.41, 5.74) is 0. The summed E-state index contributed by atoms with van der Waals surface area (Å²) in [5.74, 6) is 0.294. The van der Waals surface area contributed by atoms with Crippen LogP contribution in [0.1, 0.15) is 33.6 Å². The zero-order chi connectivity index (χ0) is 9.28. The molecule has 0 fully saturated rings. The van der Waals surface area contributed by atoms with Gasteiger partial charge < -0.3 is 10.1 Å². The van der Waals surface area contributed by atoms with E-state index in [9.17, 15) is 9.59 Å². The van der Waals surface area contributed by atoms with Gasteiger partial charge in [0.1, 0.15) is 5.78 Å². The Labute approximate surface area is 68.2 Å². The summed E-state index contributed by atoms with van der Waals surface area (Å²) >= 11 is 0. The lowest BCUT2D eigenvalue weighted by molar-refractivity contribution is -0.118. The number of Topliss-reactive ketones (excluding diaryl/α,β-unsaturated/α-hetero) is 1. The van der Waals surface area contributed by atoms with Crippen molar-refractivity contribution in [2.45, 2.75) is 33.6 Å². The van der Waals surface area contributed by atoms with E-state index >= 15 is 0 Å². The lowest BCUT2D eigenvalue weighted by Gasteiger charge is -1.80. The van der Waals surface area contributed by atoms with E-state index in [1.165, 1.54) is 6.92 Å². The molecule has 11 heavy (non-hydrogen) atoms. The third-order valence-electron chi connectivity index (χ3n) is 0.954. The largest absolute Gasteiger partial charge is 0.359 e. The van der Waals surface area contributed by atoms with Gasteiger partial charge in [0.05, 0.1) is 0 Å². The Morgan fingerprint density at radius 2 is 1.64 bits per heavy atom. The lowest BCUT2D eigenvalue weighted by Crippen LogP contribution is -2.11. The lowest BCUT2D eigenvalue weighted by atomic mass is 10.3.